The van der Waals surface area contributed by atoms with Crippen LogP contribution in [0.15, 0.2) is 57.5 Å². The van der Waals surface area contributed by atoms with E-state index in [-0.39, 0.29) is 35.2 Å². The van der Waals surface area contributed by atoms with Crippen LogP contribution in [-0.4, -0.2) is 44.4 Å². The predicted octanol–water partition coefficient (Wildman–Crippen LogP) is 3.39. The first kappa shape index (κ1) is 29.6. The Morgan fingerprint density at radius 2 is 1.78 bits per heavy atom. The molecule has 10 nitrogen and oxygen atoms in total. The third-order valence-electron chi connectivity index (χ3n) is 6.27. The molecule has 0 fully saturated rings. The Kier molecular flexibility index (Phi) is 8.97. The number of rotatable bonds is 9. The van der Waals surface area contributed by atoms with E-state index in [0.717, 1.165) is 0 Å². The molecular weight excluding hydrogens is 548 g/mol. The predicted molar refractivity (Wildman–Crippen MR) is 153 cm³/mol. The molecule has 0 amide bonds. The van der Waals surface area contributed by atoms with Gasteiger partial charge in [0.1, 0.15) is 0 Å². The third kappa shape index (κ3) is 6.04. The Hall–Kier alpha value is -4.38. The highest BCUT2D eigenvalue weighted by Gasteiger charge is 2.34. The minimum absolute atomic E-state index is 0.112. The number of para-hydroxylation sites is 1. The largest absolute Gasteiger partial charge is 0.493 e. The maximum absolute atomic E-state index is 14.0. The van der Waals surface area contributed by atoms with Gasteiger partial charge in [-0.05, 0) is 42.7 Å². The summed E-state index contributed by atoms with van der Waals surface area (Å²) in [5.41, 5.74) is 1.50. The Balaban J connectivity index is 1.95. The second kappa shape index (κ2) is 12.4. The maximum atomic E-state index is 14.0. The molecule has 1 atom stereocenters. The molecular formula is C30H32N2O8S. The molecule has 0 bridgehead atoms. The number of carbonyl (C=O) groups is 2. The van der Waals surface area contributed by atoms with Crippen molar-refractivity contribution in [3.05, 3.63) is 78.5 Å². The lowest BCUT2D eigenvalue weighted by Gasteiger charge is -2.25. The molecule has 0 saturated heterocycles. The van der Waals surface area contributed by atoms with E-state index in [2.05, 4.69) is 4.99 Å². The number of ether oxygens (including phenoxy) is 5. The van der Waals surface area contributed by atoms with E-state index >= 15 is 0 Å². The van der Waals surface area contributed by atoms with E-state index in [0.29, 0.717) is 37.7 Å². The van der Waals surface area contributed by atoms with E-state index < -0.39 is 18.0 Å². The number of fused-ring (bicyclic) bond motifs is 1. The average molecular weight is 581 g/mol. The third-order valence-corrected chi connectivity index (χ3v) is 7.25. The highest BCUT2D eigenvalue weighted by molar-refractivity contribution is 7.07. The Morgan fingerprint density at radius 3 is 2.41 bits per heavy atom. The number of aromatic nitrogens is 1. The fourth-order valence-corrected chi connectivity index (χ4v) is 5.52. The summed E-state index contributed by atoms with van der Waals surface area (Å²) >= 11 is 1.19. The number of allylic oxidation sites excluding steroid dienone is 1. The number of carbonyl (C=O) groups excluding carboxylic acids is 2. The molecule has 0 N–H and O–H groups in total. The summed E-state index contributed by atoms with van der Waals surface area (Å²) in [6.45, 7) is 7.08. The lowest BCUT2D eigenvalue weighted by atomic mass is 9.95. The monoisotopic (exact) mass is 580 g/mol. The van der Waals surface area contributed by atoms with Crippen molar-refractivity contribution >= 4 is 29.4 Å². The fraction of sp³-hybridized carbons (Fsp3) is 0.333. The summed E-state index contributed by atoms with van der Waals surface area (Å²) in [6.07, 6.45) is 1.71. The van der Waals surface area contributed by atoms with Gasteiger partial charge in [0.25, 0.3) is 5.56 Å². The highest BCUT2D eigenvalue weighted by Crippen LogP contribution is 2.36. The summed E-state index contributed by atoms with van der Waals surface area (Å²) < 4.78 is 29.2. The van der Waals surface area contributed by atoms with Crippen LogP contribution in [0.4, 0.5) is 0 Å². The number of hydrogen-bond acceptors (Lipinski definition) is 10. The van der Waals surface area contributed by atoms with Gasteiger partial charge in [-0.2, -0.15) is 0 Å². The summed E-state index contributed by atoms with van der Waals surface area (Å²) in [6, 6.07) is 9.40. The van der Waals surface area contributed by atoms with E-state index in [1.165, 1.54) is 37.0 Å². The zero-order valence-electron chi connectivity index (χ0n) is 24.0. The topological polar surface area (TPSA) is 115 Å². The first-order valence-corrected chi connectivity index (χ1v) is 13.7. The van der Waals surface area contributed by atoms with Crippen molar-refractivity contribution in [2.24, 2.45) is 10.9 Å². The summed E-state index contributed by atoms with van der Waals surface area (Å²) in [7, 11) is 4.51. The molecule has 3 aromatic rings. The highest BCUT2D eigenvalue weighted by atomic mass is 32.1. The van der Waals surface area contributed by atoms with Gasteiger partial charge < -0.3 is 23.7 Å². The quantitative estimate of drug-likeness (QED) is 0.280. The zero-order valence-corrected chi connectivity index (χ0v) is 24.8. The van der Waals surface area contributed by atoms with Crippen molar-refractivity contribution in [2.75, 3.05) is 27.9 Å². The average Bonchev–Trinajstić information content (AvgIpc) is 3.24. The van der Waals surface area contributed by atoms with Gasteiger partial charge in [-0.25, -0.2) is 9.79 Å². The lowest BCUT2D eigenvalue weighted by Crippen LogP contribution is -2.40. The first-order valence-electron chi connectivity index (χ1n) is 12.9. The molecule has 11 heteroatoms. The number of hydrogen-bond donors (Lipinski definition) is 0. The standard InChI is InChI=1S/C30H32N2O8S/c1-16(2)15-39-29(35)25-17(3)31-30-32(26(25)19-11-12-21(40-18(4)33)23(13-19)37-6)28(34)24(41-30)14-20-9-8-10-22(36-5)27(20)38-7/h8-14,16,26H,15H2,1-7H3/b24-14-/t26-/m1/s1. The molecule has 0 aliphatic carbocycles. The Labute approximate surface area is 241 Å². The molecule has 216 valence electrons. The maximum Gasteiger partial charge on any atom is 0.338 e. The van der Waals surface area contributed by atoms with Crippen molar-refractivity contribution in [1.29, 1.82) is 0 Å². The normalized spacial score (nSPS) is 14.8. The van der Waals surface area contributed by atoms with Crippen molar-refractivity contribution in [2.45, 2.75) is 33.7 Å². The van der Waals surface area contributed by atoms with Crippen LogP contribution < -0.4 is 33.8 Å². The van der Waals surface area contributed by atoms with Gasteiger partial charge in [0, 0.05) is 12.5 Å². The molecule has 0 spiro atoms. The summed E-state index contributed by atoms with van der Waals surface area (Å²) in [5.74, 6) is 0.523. The van der Waals surface area contributed by atoms with Gasteiger partial charge in [0.15, 0.2) is 27.8 Å². The van der Waals surface area contributed by atoms with E-state index in [4.69, 9.17) is 23.7 Å². The van der Waals surface area contributed by atoms with Gasteiger partial charge >= 0.3 is 11.9 Å². The minimum atomic E-state index is -0.874. The lowest BCUT2D eigenvalue weighted by molar-refractivity contribution is -0.140. The van der Waals surface area contributed by atoms with Crippen LogP contribution in [0.5, 0.6) is 23.0 Å². The van der Waals surface area contributed by atoms with Crippen LogP contribution in [0.25, 0.3) is 6.08 Å². The van der Waals surface area contributed by atoms with Crippen molar-refractivity contribution in [1.82, 2.24) is 4.57 Å². The number of benzene rings is 2. The molecule has 2 aromatic carbocycles. The van der Waals surface area contributed by atoms with Crippen LogP contribution in [0.2, 0.25) is 0 Å². The van der Waals surface area contributed by atoms with Crippen LogP contribution in [-0.2, 0) is 14.3 Å². The number of nitrogens with zero attached hydrogens (tertiary/aromatic N) is 2. The molecule has 1 aliphatic rings. The van der Waals surface area contributed by atoms with Crippen molar-refractivity contribution in [3.8, 4) is 23.0 Å². The molecule has 0 unspecified atom stereocenters. The van der Waals surface area contributed by atoms with Crippen molar-refractivity contribution in [3.63, 3.8) is 0 Å². The second-order valence-electron chi connectivity index (χ2n) is 9.66. The van der Waals surface area contributed by atoms with E-state index in [9.17, 15) is 14.4 Å². The second-order valence-corrected chi connectivity index (χ2v) is 10.7. The van der Waals surface area contributed by atoms with Gasteiger partial charge in [-0.3, -0.25) is 14.2 Å². The van der Waals surface area contributed by atoms with E-state index in [1.54, 1.807) is 50.4 Å². The number of thiazole rings is 1. The molecule has 2 heterocycles. The first-order chi connectivity index (χ1) is 19.6. The molecule has 1 aromatic heterocycles. The van der Waals surface area contributed by atoms with Crippen LogP contribution in [0.3, 0.4) is 0 Å². The van der Waals surface area contributed by atoms with Crippen molar-refractivity contribution < 1.29 is 33.3 Å². The van der Waals surface area contributed by atoms with Crippen LogP contribution in [0.1, 0.15) is 44.9 Å². The number of esters is 2. The zero-order chi connectivity index (χ0) is 29.8. The minimum Gasteiger partial charge on any atom is -0.493 e. The molecule has 0 radical (unpaired) electrons. The van der Waals surface area contributed by atoms with Gasteiger partial charge in [0.05, 0.1) is 49.8 Å². The van der Waals surface area contributed by atoms with Gasteiger partial charge in [-0.15, -0.1) is 0 Å². The molecule has 4 rings (SSSR count). The summed E-state index contributed by atoms with van der Waals surface area (Å²) in [5, 5.41) is 0. The van der Waals surface area contributed by atoms with Gasteiger partial charge in [-0.1, -0.05) is 43.4 Å². The Morgan fingerprint density at radius 1 is 1.05 bits per heavy atom. The molecule has 1 aliphatic heterocycles. The van der Waals surface area contributed by atoms with Gasteiger partial charge in [0.2, 0.25) is 0 Å². The number of methoxy groups -OCH3 is 3. The summed E-state index contributed by atoms with van der Waals surface area (Å²) in [4.78, 5) is 44.1. The van der Waals surface area contributed by atoms with Crippen LogP contribution in [0, 0.1) is 5.92 Å². The molecule has 0 saturated carbocycles. The van der Waals surface area contributed by atoms with Crippen LogP contribution >= 0.6 is 11.3 Å². The SMILES string of the molecule is COc1cc([C@@H]2C(C(=O)OCC(C)C)=C(C)N=c3s/c(=C\c4cccc(OC)c4OC)c(=O)n32)ccc1OC(C)=O. The fourth-order valence-electron chi connectivity index (χ4n) is 4.48. The smallest absolute Gasteiger partial charge is 0.338 e. The Bertz CT molecular complexity index is 1700. The molecule has 41 heavy (non-hydrogen) atoms. The van der Waals surface area contributed by atoms with E-state index in [1.807, 2.05) is 19.9 Å².